The highest BCUT2D eigenvalue weighted by Gasteiger charge is 2.04. The fraction of sp³-hybridized carbons (Fsp3) is 0.0769. The van der Waals surface area contributed by atoms with Gasteiger partial charge in [-0.05, 0) is 43.0 Å². The van der Waals surface area contributed by atoms with E-state index < -0.39 is 0 Å². The number of nitrogens with one attached hydrogen (secondary N) is 1. The SMILES string of the molecule is C/C(=N\NC(=O)Sc1ccccc1)c1ccco1. The van der Waals surface area contributed by atoms with Crippen LogP contribution in [0.25, 0.3) is 0 Å². The van der Waals surface area contributed by atoms with E-state index in [0.717, 1.165) is 16.7 Å². The molecule has 0 atom stereocenters. The van der Waals surface area contributed by atoms with Crippen LogP contribution in [0.3, 0.4) is 0 Å². The highest BCUT2D eigenvalue weighted by molar-refractivity contribution is 8.13. The van der Waals surface area contributed by atoms with Crippen molar-refractivity contribution in [3.05, 3.63) is 54.5 Å². The number of hydrogen-bond acceptors (Lipinski definition) is 4. The Labute approximate surface area is 109 Å². The lowest BCUT2D eigenvalue weighted by atomic mass is 10.3. The van der Waals surface area contributed by atoms with Crippen molar-refractivity contribution in [2.45, 2.75) is 11.8 Å². The van der Waals surface area contributed by atoms with Gasteiger partial charge in [0.25, 0.3) is 0 Å². The van der Waals surface area contributed by atoms with Crippen LogP contribution in [-0.4, -0.2) is 11.0 Å². The maximum absolute atomic E-state index is 11.6. The van der Waals surface area contributed by atoms with E-state index in [1.165, 1.54) is 0 Å². The number of hydrogen-bond donors (Lipinski definition) is 1. The van der Waals surface area contributed by atoms with Gasteiger partial charge in [0, 0.05) is 4.90 Å². The van der Waals surface area contributed by atoms with E-state index in [4.69, 9.17) is 4.42 Å². The number of amides is 1. The average molecular weight is 260 g/mol. The molecular formula is C13H12N2O2S. The molecule has 1 heterocycles. The van der Waals surface area contributed by atoms with Crippen molar-refractivity contribution in [2.75, 3.05) is 0 Å². The topological polar surface area (TPSA) is 54.6 Å². The van der Waals surface area contributed by atoms with Crippen molar-refractivity contribution in [2.24, 2.45) is 5.10 Å². The minimum absolute atomic E-state index is 0.230. The third-order valence-corrected chi connectivity index (χ3v) is 2.93. The van der Waals surface area contributed by atoms with Gasteiger partial charge in [0.1, 0.15) is 11.5 Å². The van der Waals surface area contributed by atoms with Crippen LogP contribution >= 0.6 is 11.8 Å². The lowest BCUT2D eigenvalue weighted by molar-refractivity contribution is 0.261. The Kier molecular flexibility index (Phi) is 4.20. The first-order chi connectivity index (χ1) is 8.75. The molecule has 0 aliphatic rings. The summed E-state index contributed by atoms with van der Waals surface area (Å²) in [5, 5.41) is 3.74. The summed E-state index contributed by atoms with van der Waals surface area (Å²) >= 11 is 1.10. The maximum atomic E-state index is 11.6. The van der Waals surface area contributed by atoms with Crippen LogP contribution in [0.5, 0.6) is 0 Å². The summed E-state index contributed by atoms with van der Waals surface area (Å²) < 4.78 is 5.16. The minimum Gasteiger partial charge on any atom is -0.463 e. The highest BCUT2D eigenvalue weighted by atomic mass is 32.2. The van der Waals surface area contributed by atoms with Gasteiger partial charge in [0.2, 0.25) is 0 Å². The fourth-order valence-corrected chi connectivity index (χ4v) is 1.89. The molecule has 0 spiro atoms. The van der Waals surface area contributed by atoms with E-state index in [1.807, 2.05) is 30.3 Å². The molecule has 0 radical (unpaired) electrons. The van der Waals surface area contributed by atoms with Crippen molar-refractivity contribution in [1.82, 2.24) is 5.43 Å². The first-order valence-corrected chi connectivity index (χ1v) is 6.18. The Bertz CT molecular complexity index is 535. The zero-order valence-corrected chi connectivity index (χ0v) is 10.6. The molecule has 0 fully saturated rings. The molecule has 2 rings (SSSR count). The number of rotatable bonds is 3. The van der Waals surface area contributed by atoms with Gasteiger partial charge in [-0.1, -0.05) is 18.2 Å². The van der Waals surface area contributed by atoms with Crippen LogP contribution in [0.2, 0.25) is 0 Å². The van der Waals surface area contributed by atoms with Gasteiger partial charge in [-0.3, -0.25) is 4.79 Å². The van der Waals surface area contributed by atoms with E-state index in [0.29, 0.717) is 11.5 Å². The summed E-state index contributed by atoms with van der Waals surface area (Å²) in [5.41, 5.74) is 3.10. The van der Waals surface area contributed by atoms with Crippen molar-refractivity contribution in [1.29, 1.82) is 0 Å². The molecule has 0 unspecified atom stereocenters. The quantitative estimate of drug-likeness (QED) is 0.522. The van der Waals surface area contributed by atoms with E-state index in [1.54, 1.807) is 25.3 Å². The third-order valence-electron chi connectivity index (χ3n) is 2.15. The molecular weight excluding hydrogens is 248 g/mol. The van der Waals surface area contributed by atoms with Crippen LogP contribution in [0.1, 0.15) is 12.7 Å². The average Bonchev–Trinajstić information content (AvgIpc) is 2.91. The van der Waals surface area contributed by atoms with Crippen molar-refractivity contribution < 1.29 is 9.21 Å². The zero-order valence-electron chi connectivity index (χ0n) is 9.79. The molecule has 1 aromatic carbocycles. The van der Waals surface area contributed by atoms with Crippen molar-refractivity contribution in [3.8, 4) is 0 Å². The first kappa shape index (κ1) is 12.4. The Morgan fingerprint density at radius 3 is 2.67 bits per heavy atom. The predicted molar refractivity (Wildman–Crippen MR) is 71.7 cm³/mol. The molecule has 0 saturated carbocycles. The second-order valence-electron chi connectivity index (χ2n) is 3.49. The number of carbonyl (C=O) groups excluding carboxylic acids is 1. The van der Waals surface area contributed by atoms with Gasteiger partial charge >= 0.3 is 5.24 Å². The van der Waals surface area contributed by atoms with Gasteiger partial charge in [-0.2, -0.15) is 5.10 Å². The smallest absolute Gasteiger partial charge is 0.304 e. The number of thioether (sulfide) groups is 1. The third kappa shape index (κ3) is 3.49. The first-order valence-electron chi connectivity index (χ1n) is 5.37. The van der Waals surface area contributed by atoms with Gasteiger partial charge < -0.3 is 4.42 Å². The van der Waals surface area contributed by atoms with Crippen LogP contribution in [-0.2, 0) is 0 Å². The Morgan fingerprint density at radius 2 is 2.00 bits per heavy atom. The molecule has 4 nitrogen and oxygen atoms in total. The second kappa shape index (κ2) is 6.07. The van der Waals surface area contributed by atoms with E-state index in [-0.39, 0.29) is 5.24 Å². The van der Waals surface area contributed by atoms with Crippen molar-refractivity contribution in [3.63, 3.8) is 0 Å². The lowest BCUT2D eigenvalue weighted by Gasteiger charge is -2.00. The standard InChI is InChI=1S/C13H12N2O2S/c1-10(12-8-5-9-17-12)14-15-13(16)18-11-6-3-2-4-7-11/h2-9H,1H3,(H,15,16)/b14-10+. The molecule has 1 amide bonds. The molecule has 2 aromatic rings. The summed E-state index contributed by atoms with van der Waals surface area (Å²) in [5.74, 6) is 0.639. The van der Waals surface area contributed by atoms with Gasteiger partial charge in [-0.15, -0.1) is 0 Å². The molecule has 0 bridgehead atoms. The molecule has 0 aliphatic carbocycles. The van der Waals surface area contributed by atoms with Crippen LogP contribution < -0.4 is 5.43 Å². The zero-order chi connectivity index (χ0) is 12.8. The fourth-order valence-electron chi connectivity index (χ4n) is 1.29. The van der Waals surface area contributed by atoms with Gasteiger partial charge in [0.15, 0.2) is 0 Å². The molecule has 92 valence electrons. The van der Waals surface area contributed by atoms with E-state index in [2.05, 4.69) is 10.5 Å². The molecule has 18 heavy (non-hydrogen) atoms. The van der Waals surface area contributed by atoms with Gasteiger partial charge in [0.05, 0.1) is 6.26 Å². The molecule has 0 saturated heterocycles. The van der Waals surface area contributed by atoms with Crippen LogP contribution in [0, 0.1) is 0 Å². The number of furan rings is 1. The van der Waals surface area contributed by atoms with Crippen LogP contribution in [0.15, 0.2) is 63.1 Å². The molecule has 1 aromatic heterocycles. The lowest BCUT2D eigenvalue weighted by Crippen LogP contribution is -2.13. The normalized spacial score (nSPS) is 11.3. The van der Waals surface area contributed by atoms with E-state index in [9.17, 15) is 4.79 Å². The number of nitrogens with zero attached hydrogens (tertiary/aromatic N) is 1. The molecule has 5 heteroatoms. The number of benzene rings is 1. The van der Waals surface area contributed by atoms with E-state index >= 15 is 0 Å². The summed E-state index contributed by atoms with van der Waals surface area (Å²) in [6.07, 6.45) is 1.56. The Balaban J connectivity index is 1.91. The van der Waals surface area contributed by atoms with Crippen LogP contribution in [0.4, 0.5) is 4.79 Å². The monoisotopic (exact) mass is 260 g/mol. The number of carbonyl (C=O) groups is 1. The van der Waals surface area contributed by atoms with Gasteiger partial charge in [-0.25, -0.2) is 5.43 Å². The summed E-state index contributed by atoms with van der Waals surface area (Å²) in [4.78, 5) is 12.5. The summed E-state index contributed by atoms with van der Waals surface area (Å²) in [6, 6.07) is 13.0. The number of hydrazone groups is 1. The minimum atomic E-state index is -0.230. The molecule has 0 aliphatic heterocycles. The highest BCUT2D eigenvalue weighted by Crippen LogP contribution is 2.17. The second-order valence-corrected chi connectivity index (χ2v) is 4.54. The molecule has 1 N–H and O–H groups in total. The summed E-state index contributed by atoms with van der Waals surface area (Å²) in [7, 11) is 0. The maximum Gasteiger partial charge on any atom is 0.304 e. The predicted octanol–water partition coefficient (Wildman–Crippen LogP) is 3.51. The Hall–Kier alpha value is -2.01. The summed E-state index contributed by atoms with van der Waals surface area (Å²) in [6.45, 7) is 1.77. The largest absolute Gasteiger partial charge is 0.463 e. The van der Waals surface area contributed by atoms with Crippen molar-refractivity contribution >= 4 is 22.7 Å². The Morgan fingerprint density at radius 1 is 1.22 bits per heavy atom.